The molecule has 0 aliphatic rings. The first kappa shape index (κ1) is 78.1. The number of unbranched alkanes of at least 4 members (excludes halogenated alkanes) is 24. The van der Waals surface area contributed by atoms with Crippen molar-refractivity contribution < 1.29 is 80.2 Å². The Hall–Kier alpha value is -1.94. The highest BCUT2D eigenvalue weighted by Gasteiger charge is 2.30. The average molecular weight is 1190 g/mol. The van der Waals surface area contributed by atoms with Gasteiger partial charge in [-0.05, 0) is 49.4 Å². The maximum Gasteiger partial charge on any atom is 0.472 e. The smallest absolute Gasteiger partial charge is 0.462 e. The Balaban J connectivity index is 5.24. The first-order chi connectivity index (χ1) is 38.1. The molecule has 0 radical (unpaired) electrons. The molecule has 3 N–H and O–H groups in total. The average Bonchev–Trinajstić information content (AvgIpc) is 3.39. The number of phosphoric acid groups is 2. The molecule has 17 nitrogen and oxygen atoms in total. The summed E-state index contributed by atoms with van der Waals surface area (Å²) >= 11 is 0. The highest BCUT2D eigenvalue weighted by molar-refractivity contribution is 7.47. The quantitative estimate of drug-likeness (QED) is 0.0222. The van der Waals surface area contributed by atoms with Crippen LogP contribution in [0.15, 0.2) is 0 Å². The second-order valence-electron chi connectivity index (χ2n) is 24.0. The fraction of sp³-hybridized carbons (Fsp3) is 0.934. The van der Waals surface area contributed by atoms with Crippen LogP contribution < -0.4 is 0 Å². The van der Waals surface area contributed by atoms with Gasteiger partial charge < -0.3 is 33.8 Å². The van der Waals surface area contributed by atoms with Crippen LogP contribution in [-0.4, -0.2) is 96.7 Å². The molecule has 0 aromatic heterocycles. The zero-order valence-corrected chi connectivity index (χ0v) is 53.5. The number of aliphatic hydroxyl groups is 1. The summed E-state index contributed by atoms with van der Waals surface area (Å²) in [6, 6.07) is 0. The van der Waals surface area contributed by atoms with Gasteiger partial charge in [0.15, 0.2) is 12.2 Å². The number of rotatable bonds is 58. The number of hydrogen-bond donors (Lipinski definition) is 3. The predicted octanol–water partition coefficient (Wildman–Crippen LogP) is 16.2. The molecule has 80 heavy (non-hydrogen) atoms. The molecule has 5 atom stereocenters. The van der Waals surface area contributed by atoms with E-state index in [0.717, 1.165) is 109 Å². The lowest BCUT2D eigenvalue weighted by atomic mass is 10.0. The topological polar surface area (TPSA) is 237 Å². The van der Waals surface area contributed by atoms with E-state index >= 15 is 0 Å². The van der Waals surface area contributed by atoms with Crippen LogP contribution in [0, 0.1) is 23.7 Å². The number of aliphatic hydroxyl groups excluding tert-OH is 1. The van der Waals surface area contributed by atoms with Gasteiger partial charge in [-0.25, -0.2) is 9.13 Å². The minimum atomic E-state index is -4.94. The standard InChI is InChI=1S/C61H118O17P2/c1-51(2)37-29-21-13-10-9-11-15-27-35-43-60(65)77-56(48-72-59(64)42-34-26-19-17-23-31-39-53(5)6)49-75-79(67,68)73-45-55(62)46-74-80(69,70)76-50-57(78-61(66)44-36-28-20-18-24-32-40-54(7)8)47-71-58(63)41-33-25-16-12-14-22-30-38-52(3)4/h51-57,62H,9-50H2,1-8H3,(H,67,68)(H,69,70)/t55-,56+,57+/m0/s1. The molecule has 0 saturated heterocycles. The summed E-state index contributed by atoms with van der Waals surface area (Å²) in [6.45, 7) is 13.8. The fourth-order valence-electron chi connectivity index (χ4n) is 8.90. The Bertz CT molecular complexity index is 1610. The lowest BCUT2D eigenvalue weighted by Gasteiger charge is -2.21. The summed E-state index contributed by atoms with van der Waals surface area (Å²) in [5.74, 6) is 0.641. The highest BCUT2D eigenvalue weighted by atomic mass is 31.2. The Labute approximate surface area is 486 Å². The third-order valence-electron chi connectivity index (χ3n) is 13.8. The Morgan fingerprint density at radius 3 is 0.775 bits per heavy atom. The number of carbonyl (C=O) groups excluding carboxylic acids is 4. The molecule has 0 aromatic carbocycles. The van der Waals surface area contributed by atoms with Crippen molar-refractivity contribution >= 4 is 39.5 Å². The summed E-state index contributed by atoms with van der Waals surface area (Å²) in [5, 5.41) is 10.5. The Morgan fingerprint density at radius 2 is 0.525 bits per heavy atom. The van der Waals surface area contributed by atoms with E-state index in [9.17, 15) is 43.2 Å². The summed E-state index contributed by atoms with van der Waals surface area (Å²) in [7, 11) is -9.88. The maximum absolute atomic E-state index is 12.9. The molecular weight excluding hydrogens is 1070 g/mol. The second kappa shape index (κ2) is 51.5. The van der Waals surface area contributed by atoms with Crippen molar-refractivity contribution in [2.24, 2.45) is 23.7 Å². The van der Waals surface area contributed by atoms with Gasteiger partial charge in [0.2, 0.25) is 0 Å². The van der Waals surface area contributed by atoms with Crippen LogP contribution in [0.4, 0.5) is 0 Å². The van der Waals surface area contributed by atoms with Crippen LogP contribution in [-0.2, 0) is 65.4 Å². The van der Waals surface area contributed by atoms with Gasteiger partial charge in [0.25, 0.3) is 0 Å². The van der Waals surface area contributed by atoms with Crippen LogP contribution in [0.5, 0.6) is 0 Å². The van der Waals surface area contributed by atoms with Crippen molar-refractivity contribution in [1.29, 1.82) is 0 Å². The third kappa shape index (κ3) is 55.3. The minimum Gasteiger partial charge on any atom is -0.462 e. The summed E-state index contributed by atoms with van der Waals surface area (Å²) in [5.41, 5.74) is 0. The number of hydrogen-bond acceptors (Lipinski definition) is 15. The van der Waals surface area contributed by atoms with Crippen LogP contribution in [0.1, 0.15) is 287 Å². The molecule has 0 bridgehead atoms. The number of ether oxygens (including phenoxy) is 4. The van der Waals surface area contributed by atoms with Gasteiger partial charge in [-0.1, -0.05) is 235 Å². The van der Waals surface area contributed by atoms with Crippen molar-refractivity contribution in [2.75, 3.05) is 39.6 Å². The SMILES string of the molecule is CC(C)CCCCCCCCCCCC(=O)O[C@H](COC(=O)CCCCCCCCC(C)C)COP(=O)(O)OC[C@H](O)COP(=O)(O)OC[C@@H](COC(=O)CCCCCCCCCC(C)C)OC(=O)CCCCCCCCC(C)C. The van der Waals surface area contributed by atoms with E-state index in [-0.39, 0.29) is 25.7 Å². The largest absolute Gasteiger partial charge is 0.472 e. The van der Waals surface area contributed by atoms with Crippen molar-refractivity contribution in [3.63, 3.8) is 0 Å². The molecule has 0 aliphatic heterocycles. The van der Waals surface area contributed by atoms with E-state index in [2.05, 4.69) is 55.4 Å². The lowest BCUT2D eigenvalue weighted by molar-refractivity contribution is -0.161. The number of carbonyl (C=O) groups is 4. The lowest BCUT2D eigenvalue weighted by Crippen LogP contribution is -2.30. The molecule has 0 spiro atoms. The number of esters is 4. The van der Waals surface area contributed by atoms with Crippen LogP contribution in [0.3, 0.4) is 0 Å². The molecular formula is C61H118O17P2. The molecule has 0 aliphatic carbocycles. The van der Waals surface area contributed by atoms with Crippen LogP contribution >= 0.6 is 15.6 Å². The van der Waals surface area contributed by atoms with Crippen molar-refractivity contribution in [3.8, 4) is 0 Å². The fourth-order valence-corrected chi connectivity index (χ4v) is 10.5. The minimum absolute atomic E-state index is 0.100. The second-order valence-corrected chi connectivity index (χ2v) is 26.9. The molecule has 0 fully saturated rings. The van der Waals surface area contributed by atoms with Crippen molar-refractivity contribution in [3.05, 3.63) is 0 Å². The maximum atomic E-state index is 12.9. The Kier molecular flexibility index (Phi) is 50.2. The molecule has 2 unspecified atom stereocenters. The zero-order chi connectivity index (χ0) is 59.7. The van der Waals surface area contributed by atoms with E-state index in [1.54, 1.807) is 0 Å². The first-order valence-electron chi connectivity index (χ1n) is 31.7. The van der Waals surface area contributed by atoms with Gasteiger partial charge in [0.1, 0.15) is 19.3 Å². The van der Waals surface area contributed by atoms with Crippen molar-refractivity contribution in [1.82, 2.24) is 0 Å². The summed E-state index contributed by atoms with van der Waals surface area (Å²) in [6.07, 6.45) is 29.8. The van der Waals surface area contributed by atoms with Gasteiger partial charge in [0.05, 0.1) is 26.4 Å². The van der Waals surface area contributed by atoms with Gasteiger partial charge in [-0.15, -0.1) is 0 Å². The number of phosphoric ester groups is 2. The van der Waals surface area contributed by atoms with Gasteiger partial charge in [-0.2, -0.15) is 0 Å². The molecule has 19 heteroatoms. The molecule has 0 heterocycles. The van der Waals surface area contributed by atoms with E-state index in [1.807, 2.05) is 0 Å². The van der Waals surface area contributed by atoms with Gasteiger partial charge in [0, 0.05) is 25.7 Å². The zero-order valence-electron chi connectivity index (χ0n) is 51.7. The summed E-state index contributed by atoms with van der Waals surface area (Å²) < 4.78 is 67.8. The molecule has 0 rings (SSSR count). The first-order valence-corrected chi connectivity index (χ1v) is 34.7. The third-order valence-corrected chi connectivity index (χ3v) is 15.7. The molecule has 0 amide bonds. The molecule has 474 valence electrons. The monoisotopic (exact) mass is 1180 g/mol. The van der Waals surface area contributed by atoms with Crippen LogP contribution in [0.2, 0.25) is 0 Å². The van der Waals surface area contributed by atoms with Crippen molar-refractivity contribution in [2.45, 2.75) is 305 Å². The molecule has 0 aromatic rings. The van der Waals surface area contributed by atoms with E-state index in [1.165, 1.54) is 77.0 Å². The van der Waals surface area contributed by atoms with Crippen LogP contribution in [0.25, 0.3) is 0 Å². The van der Waals surface area contributed by atoms with Gasteiger partial charge >= 0.3 is 39.5 Å². The van der Waals surface area contributed by atoms with E-state index < -0.39 is 97.5 Å². The Morgan fingerprint density at radius 1 is 0.312 bits per heavy atom. The van der Waals surface area contributed by atoms with Gasteiger partial charge in [-0.3, -0.25) is 37.3 Å². The van der Waals surface area contributed by atoms with E-state index in [0.29, 0.717) is 43.4 Å². The molecule has 0 saturated carbocycles. The summed E-state index contributed by atoms with van der Waals surface area (Å²) in [4.78, 5) is 72.0. The highest BCUT2D eigenvalue weighted by Crippen LogP contribution is 2.45. The normalized spacial score (nSPS) is 14.5. The van der Waals surface area contributed by atoms with E-state index in [4.69, 9.17) is 37.0 Å². The predicted molar refractivity (Wildman–Crippen MR) is 317 cm³/mol.